The Morgan fingerprint density at radius 2 is 1.84 bits per heavy atom. The Balaban J connectivity index is 1.99. The van der Waals surface area contributed by atoms with Crippen LogP contribution >= 0.6 is 0 Å². The zero-order valence-electron chi connectivity index (χ0n) is 14.8. The van der Waals surface area contributed by atoms with Gasteiger partial charge in [0.25, 0.3) is 5.91 Å². The Labute approximate surface area is 149 Å². The molecule has 2 amide bonds. The molecule has 25 heavy (non-hydrogen) atoms. The number of rotatable bonds is 7. The van der Waals surface area contributed by atoms with Crippen molar-refractivity contribution in [1.29, 1.82) is 0 Å². The maximum absolute atomic E-state index is 12.3. The lowest BCUT2D eigenvalue weighted by Crippen LogP contribution is -2.25. The van der Waals surface area contributed by atoms with Crippen molar-refractivity contribution < 1.29 is 9.59 Å². The summed E-state index contributed by atoms with van der Waals surface area (Å²) in [7, 11) is 0. The summed E-state index contributed by atoms with van der Waals surface area (Å²) in [6, 6.07) is 13.2. The molecule has 0 saturated heterocycles. The smallest absolute Gasteiger partial charge is 0.253 e. The summed E-state index contributed by atoms with van der Waals surface area (Å²) in [4.78, 5) is 24.4. The van der Waals surface area contributed by atoms with Crippen LogP contribution in [0.4, 0.5) is 5.69 Å². The highest BCUT2D eigenvalue weighted by Crippen LogP contribution is 2.16. The van der Waals surface area contributed by atoms with Crippen LogP contribution < -0.4 is 10.6 Å². The van der Waals surface area contributed by atoms with Crippen LogP contribution in [-0.4, -0.2) is 18.4 Å². The molecular formula is C21H24N2O2. The molecule has 0 aromatic heterocycles. The second-order valence-corrected chi connectivity index (χ2v) is 6.01. The Morgan fingerprint density at radius 1 is 1.08 bits per heavy atom. The minimum Gasteiger partial charge on any atom is -0.349 e. The van der Waals surface area contributed by atoms with Gasteiger partial charge < -0.3 is 10.6 Å². The first kappa shape index (κ1) is 18.5. The molecule has 2 N–H and O–H groups in total. The van der Waals surface area contributed by atoms with Crippen molar-refractivity contribution in [1.82, 2.24) is 5.32 Å². The van der Waals surface area contributed by atoms with Gasteiger partial charge in [-0.05, 0) is 49.1 Å². The first-order valence-corrected chi connectivity index (χ1v) is 8.35. The van der Waals surface area contributed by atoms with Crippen LogP contribution in [0.15, 0.2) is 55.1 Å². The molecule has 0 saturated carbocycles. The quantitative estimate of drug-likeness (QED) is 0.756. The molecule has 2 aromatic carbocycles. The molecule has 0 bridgehead atoms. The molecule has 0 unspecified atom stereocenters. The van der Waals surface area contributed by atoms with Crippen LogP contribution in [0.25, 0.3) is 0 Å². The van der Waals surface area contributed by atoms with E-state index in [1.165, 1.54) is 11.1 Å². The Hall–Kier alpha value is -2.88. The summed E-state index contributed by atoms with van der Waals surface area (Å²) >= 11 is 0. The number of benzene rings is 2. The molecule has 0 aliphatic rings. The number of para-hydroxylation sites is 1. The third-order valence-electron chi connectivity index (χ3n) is 4.06. The van der Waals surface area contributed by atoms with Gasteiger partial charge in [0, 0.05) is 13.0 Å². The number of carbonyl (C=O) groups is 2. The normalized spacial score (nSPS) is 10.2. The third-order valence-corrected chi connectivity index (χ3v) is 4.06. The largest absolute Gasteiger partial charge is 0.349 e. The van der Waals surface area contributed by atoms with E-state index >= 15 is 0 Å². The van der Waals surface area contributed by atoms with E-state index in [4.69, 9.17) is 0 Å². The number of nitrogens with one attached hydrogen (secondary N) is 2. The molecule has 4 heteroatoms. The van der Waals surface area contributed by atoms with Gasteiger partial charge in [-0.15, -0.1) is 6.58 Å². The van der Waals surface area contributed by atoms with Crippen LogP contribution in [-0.2, 0) is 11.2 Å². The maximum Gasteiger partial charge on any atom is 0.253 e. The van der Waals surface area contributed by atoms with Gasteiger partial charge in [0.1, 0.15) is 0 Å². The van der Waals surface area contributed by atoms with E-state index in [1.54, 1.807) is 30.3 Å². The van der Waals surface area contributed by atoms with Crippen LogP contribution in [0.5, 0.6) is 0 Å². The molecule has 0 aliphatic carbocycles. The Morgan fingerprint density at radius 3 is 2.56 bits per heavy atom. The summed E-state index contributed by atoms with van der Waals surface area (Å²) in [6.07, 6.45) is 2.64. The number of amides is 2. The van der Waals surface area contributed by atoms with E-state index in [0.29, 0.717) is 30.6 Å². The van der Waals surface area contributed by atoms with E-state index in [1.807, 2.05) is 6.07 Å². The number of hydrogen-bond acceptors (Lipinski definition) is 2. The number of aryl methyl sites for hydroxylation is 3. The summed E-state index contributed by atoms with van der Waals surface area (Å²) in [5.74, 6) is -0.341. The number of carbonyl (C=O) groups excluding carboxylic acids is 2. The van der Waals surface area contributed by atoms with Crippen molar-refractivity contribution in [3.63, 3.8) is 0 Å². The Bertz CT molecular complexity index is 781. The maximum atomic E-state index is 12.3. The van der Waals surface area contributed by atoms with Crippen LogP contribution in [0.2, 0.25) is 0 Å². The molecule has 0 atom stereocenters. The molecule has 0 radical (unpaired) electrons. The summed E-state index contributed by atoms with van der Waals surface area (Å²) in [6.45, 7) is 8.10. The fourth-order valence-electron chi connectivity index (χ4n) is 2.48. The van der Waals surface area contributed by atoms with Crippen molar-refractivity contribution >= 4 is 17.5 Å². The van der Waals surface area contributed by atoms with Gasteiger partial charge in [0.05, 0.1) is 11.3 Å². The van der Waals surface area contributed by atoms with Crippen LogP contribution in [0.3, 0.4) is 0 Å². The lowest BCUT2D eigenvalue weighted by atomic mass is 10.0. The second kappa shape index (κ2) is 8.83. The zero-order chi connectivity index (χ0) is 18.2. The third kappa shape index (κ3) is 5.31. The van der Waals surface area contributed by atoms with Crippen molar-refractivity contribution in [2.24, 2.45) is 0 Å². The summed E-state index contributed by atoms with van der Waals surface area (Å²) < 4.78 is 0. The molecule has 0 heterocycles. The van der Waals surface area contributed by atoms with E-state index in [-0.39, 0.29) is 11.8 Å². The van der Waals surface area contributed by atoms with Crippen molar-refractivity contribution in [3.8, 4) is 0 Å². The highest BCUT2D eigenvalue weighted by molar-refractivity contribution is 6.03. The van der Waals surface area contributed by atoms with Gasteiger partial charge in [-0.1, -0.05) is 36.4 Å². The summed E-state index contributed by atoms with van der Waals surface area (Å²) in [5.41, 5.74) is 4.57. The second-order valence-electron chi connectivity index (χ2n) is 6.01. The first-order chi connectivity index (χ1) is 12.0. The molecule has 4 nitrogen and oxygen atoms in total. The van der Waals surface area contributed by atoms with Gasteiger partial charge in [0.2, 0.25) is 5.91 Å². The van der Waals surface area contributed by atoms with Crippen molar-refractivity contribution in [2.75, 3.05) is 11.9 Å². The lowest BCUT2D eigenvalue weighted by Gasteiger charge is -2.11. The van der Waals surface area contributed by atoms with Gasteiger partial charge >= 0.3 is 0 Å². The fraction of sp³-hybridized carbons (Fsp3) is 0.238. The zero-order valence-corrected chi connectivity index (χ0v) is 14.8. The van der Waals surface area contributed by atoms with Crippen LogP contribution in [0.1, 0.15) is 33.5 Å². The topological polar surface area (TPSA) is 58.2 Å². The Kier molecular flexibility index (Phi) is 6.52. The molecule has 130 valence electrons. The fourth-order valence-corrected chi connectivity index (χ4v) is 2.48. The van der Waals surface area contributed by atoms with Gasteiger partial charge in [-0.25, -0.2) is 0 Å². The molecule has 0 spiro atoms. The van der Waals surface area contributed by atoms with E-state index in [0.717, 1.165) is 5.56 Å². The molecule has 0 aliphatic heterocycles. The average molecular weight is 336 g/mol. The molecule has 2 aromatic rings. The molecule has 2 rings (SSSR count). The van der Waals surface area contributed by atoms with Crippen molar-refractivity contribution in [3.05, 3.63) is 77.4 Å². The number of anilines is 1. The SMILES string of the molecule is C=CCNC(=O)c1ccccc1NC(=O)CCc1ccc(C)c(C)c1. The monoisotopic (exact) mass is 336 g/mol. The van der Waals surface area contributed by atoms with Crippen molar-refractivity contribution in [2.45, 2.75) is 26.7 Å². The molecule has 0 fully saturated rings. The highest BCUT2D eigenvalue weighted by Gasteiger charge is 2.12. The van der Waals surface area contributed by atoms with E-state index in [2.05, 4.69) is 43.2 Å². The van der Waals surface area contributed by atoms with Gasteiger partial charge in [-0.2, -0.15) is 0 Å². The first-order valence-electron chi connectivity index (χ1n) is 8.35. The minimum absolute atomic E-state index is 0.109. The number of hydrogen-bond donors (Lipinski definition) is 2. The average Bonchev–Trinajstić information content (AvgIpc) is 2.61. The lowest BCUT2D eigenvalue weighted by molar-refractivity contribution is -0.116. The van der Waals surface area contributed by atoms with Gasteiger partial charge in [-0.3, -0.25) is 9.59 Å². The molecular weight excluding hydrogens is 312 g/mol. The van der Waals surface area contributed by atoms with Crippen LogP contribution in [0, 0.1) is 13.8 Å². The summed E-state index contributed by atoms with van der Waals surface area (Å²) in [5, 5.41) is 5.56. The highest BCUT2D eigenvalue weighted by atomic mass is 16.2. The predicted molar refractivity (Wildman–Crippen MR) is 102 cm³/mol. The standard InChI is InChI=1S/C21H24N2O2/c1-4-13-22-21(25)18-7-5-6-8-19(18)23-20(24)12-11-17-10-9-15(2)16(3)14-17/h4-10,14H,1,11-13H2,2-3H3,(H,22,25)(H,23,24). The minimum atomic E-state index is -0.232. The van der Waals surface area contributed by atoms with Gasteiger partial charge in [0.15, 0.2) is 0 Å². The predicted octanol–water partition coefficient (Wildman–Crippen LogP) is 3.79. The van der Waals surface area contributed by atoms with E-state index in [9.17, 15) is 9.59 Å². The van der Waals surface area contributed by atoms with E-state index < -0.39 is 0 Å².